The molecule has 0 spiro atoms. The van der Waals surface area contributed by atoms with Crippen LogP contribution in [0.15, 0.2) is 64.6 Å². The molecule has 130 valence electrons. The molecule has 1 unspecified atom stereocenters. The van der Waals surface area contributed by atoms with Crippen molar-refractivity contribution in [3.05, 3.63) is 60.2 Å². The maximum Gasteiger partial charge on any atom is 0.255 e. The molecule has 0 aromatic heterocycles. The summed E-state index contributed by atoms with van der Waals surface area (Å²) in [6.07, 6.45) is 1.54. The Morgan fingerprint density at radius 1 is 1.20 bits per heavy atom. The van der Waals surface area contributed by atoms with E-state index in [9.17, 15) is 9.59 Å². The van der Waals surface area contributed by atoms with Crippen molar-refractivity contribution in [1.82, 2.24) is 5.43 Å². The van der Waals surface area contributed by atoms with Gasteiger partial charge in [0.15, 0.2) is 6.61 Å². The first-order chi connectivity index (χ1) is 12.0. The molecule has 0 fully saturated rings. The second kappa shape index (κ2) is 9.48. The highest BCUT2D eigenvalue weighted by Crippen LogP contribution is 2.22. The Bertz CT molecular complexity index is 733. The summed E-state index contributed by atoms with van der Waals surface area (Å²) in [5.74, 6) is -0.171. The fraction of sp³-hybridized carbons (Fsp3) is 0.167. The highest BCUT2D eigenvalue weighted by Gasteiger charge is 2.13. The van der Waals surface area contributed by atoms with Gasteiger partial charge in [0.1, 0.15) is 5.75 Å². The van der Waals surface area contributed by atoms with Crippen molar-refractivity contribution >= 4 is 29.8 Å². The fourth-order valence-corrected chi connectivity index (χ4v) is 2.70. The van der Waals surface area contributed by atoms with E-state index in [0.717, 1.165) is 10.5 Å². The number of benzene rings is 2. The second-order valence-corrected chi connectivity index (χ2v) is 6.55. The fourth-order valence-electron chi connectivity index (χ4n) is 1.82. The normalized spacial score (nSPS) is 11.9. The molecule has 2 amide bonds. The summed E-state index contributed by atoms with van der Waals surface area (Å²) in [7, 11) is 0. The van der Waals surface area contributed by atoms with Crippen LogP contribution in [0, 0.1) is 0 Å². The van der Waals surface area contributed by atoms with Crippen LogP contribution in [0.2, 0.25) is 0 Å². The van der Waals surface area contributed by atoms with Crippen LogP contribution >= 0.6 is 11.8 Å². The molecule has 6 nitrogen and oxygen atoms in total. The lowest BCUT2D eigenvalue weighted by atomic mass is 10.2. The van der Waals surface area contributed by atoms with E-state index >= 15 is 0 Å². The Morgan fingerprint density at radius 3 is 2.52 bits per heavy atom. The molecular formula is C18H19N3O3S. The zero-order valence-corrected chi connectivity index (χ0v) is 14.5. The highest BCUT2D eigenvalue weighted by atomic mass is 32.2. The van der Waals surface area contributed by atoms with Gasteiger partial charge >= 0.3 is 0 Å². The maximum absolute atomic E-state index is 12.0. The average molecular weight is 357 g/mol. The van der Waals surface area contributed by atoms with E-state index in [0.29, 0.717) is 5.75 Å². The number of carbonyl (C=O) groups excluding carboxylic acids is 2. The van der Waals surface area contributed by atoms with Crippen molar-refractivity contribution in [3.8, 4) is 5.75 Å². The summed E-state index contributed by atoms with van der Waals surface area (Å²) < 4.78 is 5.16. The predicted molar refractivity (Wildman–Crippen MR) is 98.6 cm³/mol. The summed E-state index contributed by atoms with van der Waals surface area (Å²) in [5.41, 5.74) is 8.32. The Kier molecular flexibility index (Phi) is 7.03. The van der Waals surface area contributed by atoms with E-state index < -0.39 is 5.91 Å². The molecule has 25 heavy (non-hydrogen) atoms. The Balaban J connectivity index is 1.81. The van der Waals surface area contributed by atoms with Crippen molar-refractivity contribution < 1.29 is 14.3 Å². The molecule has 0 saturated heterocycles. The number of rotatable bonds is 8. The second-order valence-electron chi connectivity index (χ2n) is 5.13. The van der Waals surface area contributed by atoms with Gasteiger partial charge in [-0.05, 0) is 48.9 Å². The molecule has 7 heteroatoms. The molecular weight excluding hydrogens is 338 g/mol. The SMILES string of the molecule is CC(Sc1ccccc1)C(=O)NN=Cc1ccc(OCC(N)=O)cc1. The van der Waals surface area contributed by atoms with Gasteiger partial charge < -0.3 is 10.5 Å². The van der Waals surface area contributed by atoms with Crippen molar-refractivity contribution in [2.75, 3.05) is 6.61 Å². The molecule has 3 N–H and O–H groups in total. The third-order valence-corrected chi connectivity index (χ3v) is 4.19. The lowest BCUT2D eigenvalue weighted by molar-refractivity contribution is -0.120. The number of hydrazone groups is 1. The largest absolute Gasteiger partial charge is 0.484 e. The number of primary amides is 1. The first-order valence-electron chi connectivity index (χ1n) is 7.60. The molecule has 2 rings (SSSR count). The zero-order chi connectivity index (χ0) is 18.1. The van der Waals surface area contributed by atoms with Gasteiger partial charge in [0.25, 0.3) is 11.8 Å². The molecule has 0 aliphatic carbocycles. The minimum Gasteiger partial charge on any atom is -0.484 e. The highest BCUT2D eigenvalue weighted by molar-refractivity contribution is 8.00. The number of nitrogens with zero attached hydrogens (tertiary/aromatic N) is 1. The zero-order valence-electron chi connectivity index (χ0n) is 13.7. The molecule has 0 radical (unpaired) electrons. The average Bonchev–Trinajstić information content (AvgIpc) is 2.61. The lowest BCUT2D eigenvalue weighted by Crippen LogP contribution is -2.26. The summed E-state index contributed by atoms with van der Waals surface area (Å²) >= 11 is 1.47. The molecule has 0 aliphatic heterocycles. The quantitative estimate of drug-likeness (QED) is 0.430. The molecule has 0 aliphatic rings. The number of carbonyl (C=O) groups is 2. The summed E-state index contributed by atoms with van der Waals surface area (Å²) in [6.45, 7) is 1.66. The lowest BCUT2D eigenvalue weighted by Gasteiger charge is -2.09. The van der Waals surface area contributed by atoms with E-state index in [-0.39, 0.29) is 17.8 Å². The first kappa shape index (κ1) is 18.5. The van der Waals surface area contributed by atoms with Gasteiger partial charge in [0, 0.05) is 4.90 Å². The van der Waals surface area contributed by atoms with Crippen LogP contribution < -0.4 is 15.9 Å². The van der Waals surface area contributed by atoms with Gasteiger partial charge in [-0.2, -0.15) is 5.10 Å². The van der Waals surface area contributed by atoms with Crippen LogP contribution in [-0.2, 0) is 9.59 Å². The Hall–Kier alpha value is -2.80. The van der Waals surface area contributed by atoms with Crippen LogP contribution in [-0.4, -0.2) is 29.9 Å². The Labute approximate surface area is 150 Å². The topological polar surface area (TPSA) is 93.8 Å². The van der Waals surface area contributed by atoms with Gasteiger partial charge in [-0.1, -0.05) is 18.2 Å². The number of nitrogens with two attached hydrogens (primary N) is 1. The number of ether oxygens (including phenoxy) is 1. The van der Waals surface area contributed by atoms with E-state index in [2.05, 4.69) is 10.5 Å². The minimum absolute atomic E-state index is 0.166. The van der Waals surface area contributed by atoms with Gasteiger partial charge in [-0.3, -0.25) is 9.59 Å². The third kappa shape index (κ3) is 6.68. The summed E-state index contributed by atoms with van der Waals surface area (Å²) in [5, 5.41) is 3.70. The van der Waals surface area contributed by atoms with Crippen LogP contribution in [0.25, 0.3) is 0 Å². The smallest absolute Gasteiger partial charge is 0.255 e. The van der Waals surface area contributed by atoms with Crippen molar-refractivity contribution in [2.45, 2.75) is 17.1 Å². The molecule has 1 atom stereocenters. The number of hydrogen-bond acceptors (Lipinski definition) is 5. The van der Waals surface area contributed by atoms with Crippen LogP contribution in [0.1, 0.15) is 12.5 Å². The van der Waals surface area contributed by atoms with Gasteiger partial charge in [0.05, 0.1) is 11.5 Å². The standard InChI is InChI=1S/C18H19N3O3S/c1-13(25-16-5-3-2-4-6-16)18(23)21-20-11-14-7-9-15(10-8-14)24-12-17(19)22/h2-11,13H,12H2,1H3,(H2,19,22)(H,21,23). The third-order valence-electron chi connectivity index (χ3n) is 3.07. The van der Waals surface area contributed by atoms with E-state index in [4.69, 9.17) is 10.5 Å². The minimum atomic E-state index is -0.532. The number of hydrogen-bond donors (Lipinski definition) is 2. The molecule has 0 bridgehead atoms. The number of nitrogens with one attached hydrogen (secondary N) is 1. The van der Waals surface area contributed by atoms with E-state index in [1.54, 1.807) is 24.3 Å². The van der Waals surface area contributed by atoms with E-state index in [1.807, 2.05) is 37.3 Å². The van der Waals surface area contributed by atoms with Crippen molar-refractivity contribution in [2.24, 2.45) is 10.8 Å². The Morgan fingerprint density at radius 2 is 1.88 bits per heavy atom. The van der Waals surface area contributed by atoms with Gasteiger partial charge in [-0.15, -0.1) is 11.8 Å². The molecule has 0 heterocycles. The molecule has 2 aromatic carbocycles. The van der Waals surface area contributed by atoms with Gasteiger partial charge in [-0.25, -0.2) is 5.43 Å². The van der Waals surface area contributed by atoms with Crippen molar-refractivity contribution in [1.29, 1.82) is 0 Å². The maximum atomic E-state index is 12.0. The molecule has 2 aromatic rings. The summed E-state index contributed by atoms with van der Waals surface area (Å²) in [6, 6.07) is 16.6. The van der Waals surface area contributed by atoms with Gasteiger partial charge in [0.2, 0.25) is 0 Å². The van der Waals surface area contributed by atoms with Crippen molar-refractivity contribution in [3.63, 3.8) is 0 Å². The van der Waals surface area contributed by atoms with Crippen LogP contribution in [0.4, 0.5) is 0 Å². The number of thioether (sulfide) groups is 1. The van der Waals surface area contributed by atoms with Crippen LogP contribution in [0.3, 0.4) is 0 Å². The summed E-state index contributed by atoms with van der Waals surface area (Å²) in [4.78, 5) is 23.7. The predicted octanol–water partition coefficient (Wildman–Crippen LogP) is 2.18. The monoisotopic (exact) mass is 357 g/mol. The first-order valence-corrected chi connectivity index (χ1v) is 8.48. The van der Waals surface area contributed by atoms with E-state index in [1.165, 1.54) is 18.0 Å². The molecule has 0 saturated carbocycles. The van der Waals surface area contributed by atoms with Crippen LogP contribution in [0.5, 0.6) is 5.75 Å². The number of amides is 2.